The van der Waals surface area contributed by atoms with Crippen LogP contribution < -0.4 is 9.47 Å². The number of Topliss-reactive ketones (excluding diaryl/α,β-unsaturated/α-hetero) is 1. The summed E-state index contributed by atoms with van der Waals surface area (Å²) in [7, 11) is 1.40. The van der Waals surface area contributed by atoms with E-state index in [4.69, 9.17) is 14.2 Å². The highest BCUT2D eigenvalue weighted by atomic mass is 16.7. The SMILES string of the molecule is COc1cc(OC2OC(CO)C(O)C2O)cc2cc3c(c(O)c12)C(=O)CC(C)(O)C3. The molecule has 2 aromatic rings. The van der Waals surface area contributed by atoms with Gasteiger partial charge in [-0.3, -0.25) is 4.79 Å². The summed E-state index contributed by atoms with van der Waals surface area (Å²) in [5.41, 5.74) is -0.530. The number of hydrogen-bond acceptors (Lipinski definition) is 9. The summed E-state index contributed by atoms with van der Waals surface area (Å²) in [6.07, 6.45) is -4.75. The number of phenolic OH excluding ortho intramolecular Hbond substituents is 1. The molecule has 1 heterocycles. The Hall–Kier alpha value is -2.43. The zero-order valence-electron chi connectivity index (χ0n) is 16.5. The van der Waals surface area contributed by atoms with Crippen LogP contribution in [0.2, 0.25) is 0 Å². The van der Waals surface area contributed by atoms with Crippen LogP contribution in [-0.4, -0.2) is 75.2 Å². The number of ether oxygens (including phenoxy) is 3. The number of aromatic hydroxyl groups is 1. The van der Waals surface area contributed by atoms with Crippen LogP contribution in [0.4, 0.5) is 0 Å². The van der Waals surface area contributed by atoms with Gasteiger partial charge in [0.25, 0.3) is 0 Å². The summed E-state index contributed by atoms with van der Waals surface area (Å²) >= 11 is 0. The van der Waals surface area contributed by atoms with E-state index in [9.17, 15) is 30.3 Å². The third kappa shape index (κ3) is 3.38. The second kappa shape index (κ2) is 7.36. The van der Waals surface area contributed by atoms with Crippen molar-refractivity contribution in [2.45, 2.75) is 50.0 Å². The highest BCUT2D eigenvalue weighted by molar-refractivity contribution is 6.09. The van der Waals surface area contributed by atoms with Gasteiger partial charge >= 0.3 is 0 Å². The van der Waals surface area contributed by atoms with Gasteiger partial charge in [-0.2, -0.15) is 0 Å². The molecule has 9 heteroatoms. The maximum Gasteiger partial charge on any atom is 0.229 e. The van der Waals surface area contributed by atoms with Crippen molar-refractivity contribution in [3.8, 4) is 17.2 Å². The molecule has 1 saturated heterocycles. The first-order valence-corrected chi connectivity index (χ1v) is 9.56. The largest absolute Gasteiger partial charge is 0.506 e. The van der Waals surface area contributed by atoms with Crippen LogP contribution in [-0.2, 0) is 11.2 Å². The van der Waals surface area contributed by atoms with E-state index in [2.05, 4.69) is 0 Å². The lowest BCUT2D eigenvalue weighted by Crippen LogP contribution is -2.35. The van der Waals surface area contributed by atoms with Gasteiger partial charge in [-0.05, 0) is 30.0 Å². The molecule has 30 heavy (non-hydrogen) atoms. The predicted octanol–water partition coefficient (Wildman–Crippen LogP) is 0.252. The minimum Gasteiger partial charge on any atom is -0.506 e. The summed E-state index contributed by atoms with van der Waals surface area (Å²) in [4.78, 5) is 12.5. The molecule has 162 valence electrons. The van der Waals surface area contributed by atoms with Crippen molar-refractivity contribution in [1.82, 2.24) is 0 Å². The molecule has 0 saturated carbocycles. The molecule has 5 N–H and O–H groups in total. The first-order valence-electron chi connectivity index (χ1n) is 9.56. The Balaban J connectivity index is 1.78. The van der Waals surface area contributed by atoms with Gasteiger partial charge in [0.1, 0.15) is 35.6 Å². The van der Waals surface area contributed by atoms with Gasteiger partial charge in [-0.25, -0.2) is 0 Å². The number of phenols is 1. The molecule has 1 fully saturated rings. The average Bonchev–Trinajstić information content (AvgIpc) is 2.93. The number of fused-ring (bicyclic) bond motifs is 2. The molecule has 5 atom stereocenters. The Morgan fingerprint density at radius 2 is 1.93 bits per heavy atom. The minimum atomic E-state index is -1.37. The molecule has 0 radical (unpaired) electrons. The maximum atomic E-state index is 12.5. The van der Waals surface area contributed by atoms with E-state index in [0.717, 1.165) is 0 Å². The lowest BCUT2D eigenvalue weighted by molar-refractivity contribution is -0.116. The van der Waals surface area contributed by atoms with Crippen LogP contribution in [0, 0.1) is 0 Å². The van der Waals surface area contributed by atoms with Crippen molar-refractivity contribution in [3.63, 3.8) is 0 Å². The van der Waals surface area contributed by atoms with Crippen molar-refractivity contribution >= 4 is 16.6 Å². The molecule has 5 unspecified atom stereocenters. The molecule has 4 rings (SSSR count). The summed E-state index contributed by atoms with van der Waals surface area (Å²) in [5.74, 6) is -0.115. The number of aliphatic hydroxyl groups is 4. The topological polar surface area (TPSA) is 146 Å². The molecule has 1 aliphatic carbocycles. The number of carbonyl (C=O) groups excluding carboxylic acids is 1. The van der Waals surface area contributed by atoms with E-state index in [1.165, 1.54) is 13.2 Å². The van der Waals surface area contributed by atoms with E-state index < -0.39 is 36.8 Å². The molecular weight excluding hydrogens is 396 g/mol. The van der Waals surface area contributed by atoms with E-state index in [1.807, 2.05) is 0 Å². The fourth-order valence-electron chi connectivity index (χ4n) is 4.20. The number of methoxy groups -OCH3 is 1. The molecule has 0 bridgehead atoms. The van der Waals surface area contributed by atoms with E-state index in [1.54, 1.807) is 19.1 Å². The highest BCUT2D eigenvalue weighted by Crippen LogP contribution is 2.44. The van der Waals surface area contributed by atoms with Crippen LogP contribution >= 0.6 is 0 Å². The molecule has 0 spiro atoms. The summed E-state index contributed by atoms with van der Waals surface area (Å²) in [6.45, 7) is 1.09. The maximum absolute atomic E-state index is 12.5. The second-order valence-corrected chi connectivity index (χ2v) is 8.08. The van der Waals surface area contributed by atoms with Gasteiger partial charge in [0.05, 0.1) is 30.3 Å². The average molecular weight is 420 g/mol. The number of hydrogen-bond donors (Lipinski definition) is 5. The molecule has 1 aliphatic heterocycles. The van der Waals surface area contributed by atoms with Gasteiger partial charge in [-0.1, -0.05) is 0 Å². The fraction of sp³-hybridized carbons (Fsp3) is 0.476. The second-order valence-electron chi connectivity index (χ2n) is 8.08. The van der Waals surface area contributed by atoms with Crippen molar-refractivity contribution in [2.24, 2.45) is 0 Å². The van der Waals surface area contributed by atoms with Gasteiger partial charge in [-0.15, -0.1) is 0 Å². The zero-order chi connectivity index (χ0) is 21.8. The number of rotatable bonds is 4. The normalized spacial score (nSPS) is 31.1. The molecule has 0 amide bonds. The van der Waals surface area contributed by atoms with Crippen LogP contribution in [0.3, 0.4) is 0 Å². The molecule has 2 aliphatic rings. The standard InChI is InChI=1S/C21H24O9/c1-21(27)6-10-3-9-4-11(29-20-19(26)17(24)14(8-22)30-20)5-13(28-2)16(9)18(25)15(10)12(23)7-21/h3-5,14,17,19-20,22,24-27H,6-8H2,1-2H3. The summed E-state index contributed by atoms with van der Waals surface area (Å²) in [5, 5.41) is 51.2. The number of benzene rings is 2. The number of aliphatic hydroxyl groups excluding tert-OH is 3. The van der Waals surface area contributed by atoms with Crippen LogP contribution in [0.15, 0.2) is 18.2 Å². The quantitative estimate of drug-likeness (QED) is 0.470. The molecule has 2 aromatic carbocycles. The van der Waals surface area contributed by atoms with Crippen LogP contribution in [0.25, 0.3) is 10.8 Å². The summed E-state index contributed by atoms with van der Waals surface area (Å²) in [6, 6.07) is 4.72. The van der Waals surface area contributed by atoms with Crippen molar-refractivity contribution in [1.29, 1.82) is 0 Å². The van der Waals surface area contributed by atoms with E-state index >= 15 is 0 Å². The number of ketones is 1. The first-order chi connectivity index (χ1) is 14.1. The monoisotopic (exact) mass is 420 g/mol. The van der Waals surface area contributed by atoms with E-state index in [0.29, 0.717) is 16.3 Å². The lowest BCUT2D eigenvalue weighted by Gasteiger charge is -2.30. The smallest absolute Gasteiger partial charge is 0.229 e. The summed E-state index contributed by atoms with van der Waals surface area (Å²) < 4.78 is 16.4. The third-order valence-corrected chi connectivity index (χ3v) is 5.59. The van der Waals surface area contributed by atoms with E-state index in [-0.39, 0.29) is 41.4 Å². The number of carbonyl (C=O) groups is 1. The van der Waals surface area contributed by atoms with Gasteiger partial charge < -0.3 is 39.7 Å². The Labute approximate surface area is 172 Å². The Bertz CT molecular complexity index is 1000. The molecule has 0 aromatic heterocycles. The van der Waals surface area contributed by atoms with Crippen LogP contribution in [0.5, 0.6) is 17.2 Å². The fourth-order valence-corrected chi connectivity index (χ4v) is 4.20. The Kier molecular flexibility index (Phi) is 5.11. The molecule has 9 nitrogen and oxygen atoms in total. The highest BCUT2D eigenvalue weighted by Gasteiger charge is 2.44. The van der Waals surface area contributed by atoms with Crippen molar-refractivity contribution in [2.75, 3.05) is 13.7 Å². The minimum absolute atomic E-state index is 0.0895. The van der Waals surface area contributed by atoms with Crippen LogP contribution in [0.1, 0.15) is 29.3 Å². The zero-order valence-corrected chi connectivity index (χ0v) is 16.5. The van der Waals surface area contributed by atoms with Crippen molar-refractivity contribution < 1.29 is 44.5 Å². The van der Waals surface area contributed by atoms with Gasteiger partial charge in [0.2, 0.25) is 6.29 Å². The predicted molar refractivity (Wildman–Crippen MR) is 104 cm³/mol. The molecular formula is C21H24O9. The lowest BCUT2D eigenvalue weighted by atomic mass is 9.79. The van der Waals surface area contributed by atoms with Gasteiger partial charge in [0, 0.05) is 18.9 Å². The van der Waals surface area contributed by atoms with Gasteiger partial charge in [0.15, 0.2) is 5.78 Å². The Morgan fingerprint density at radius 1 is 1.20 bits per heavy atom. The van der Waals surface area contributed by atoms with Crippen molar-refractivity contribution in [3.05, 3.63) is 29.3 Å². The third-order valence-electron chi connectivity index (χ3n) is 5.59. The Morgan fingerprint density at radius 3 is 2.57 bits per heavy atom. The first kappa shape index (κ1) is 20.8.